The van der Waals surface area contributed by atoms with Crippen molar-refractivity contribution >= 4 is 5.91 Å². The number of rotatable bonds is 5. The van der Waals surface area contributed by atoms with Gasteiger partial charge < -0.3 is 5.32 Å². The second-order valence-electron chi connectivity index (χ2n) is 5.49. The first-order valence-electron chi connectivity index (χ1n) is 7.53. The fraction of sp³-hybridized carbons (Fsp3) is 0.316. The standard InChI is InChI=1S/C19H23NO/c1-4-16-9-11-17(12-10-16)13-19(21)20-15(3)18-8-6-5-7-14(18)2/h5-12,15H,4,13H2,1-3H3,(H,20,21)/t15-/m0/s1. The molecule has 0 radical (unpaired) electrons. The maximum atomic E-state index is 12.2. The van der Waals surface area contributed by atoms with Crippen molar-refractivity contribution in [2.75, 3.05) is 0 Å². The number of amides is 1. The Morgan fingerprint density at radius 2 is 1.67 bits per heavy atom. The van der Waals surface area contributed by atoms with Gasteiger partial charge in [-0.3, -0.25) is 4.79 Å². The van der Waals surface area contributed by atoms with Crippen molar-refractivity contribution in [3.63, 3.8) is 0 Å². The first-order valence-corrected chi connectivity index (χ1v) is 7.53. The molecule has 0 bridgehead atoms. The fourth-order valence-corrected chi connectivity index (χ4v) is 2.52. The summed E-state index contributed by atoms with van der Waals surface area (Å²) < 4.78 is 0. The average Bonchev–Trinajstić information content (AvgIpc) is 2.48. The lowest BCUT2D eigenvalue weighted by Crippen LogP contribution is -2.28. The molecule has 0 unspecified atom stereocenters. The Kier molecular flexibility index (Phi) is 5.15. The van der Waals surface area contributed by atoms with E-state index in [1.54, 1.807) is 0 Å². The molecular formula is C19H23NO. The van der Waals surface area contributed by atoms with E-state index in [9.17, 15) is 4.79 Å². The van der Waals surface area contributed by atoms with Crippen LogP contribution in [0.2, 0.25) is 0 Å². The molecular weight excluding hydrogens is 258 g/mol. The quantitative estimate of drug-likeness (QED) is 0.882. The van der Waals surface area contributed by atoms with E-state index >= 15 is 0 Å². The molecule has 2 heteroatoms. The van der Waals surface area contributed by atoms with Crippen LogP contribution in [-0.2, 0) is 17.6 Å². The highest BCUT2D eigenvalue weighted by Gasteiger charge is 2.11. The lowest BCUT2D eigenvalue weighted by Gasteiger charge is -2.16. The Morgan fingerprint density at radius 3 is 2.29 bits per heavy atom. The monoisotopic (exact) mass is 281 g/mol. The van der Waals surface area contributed by atoms with Gasteiger partial charge in [0.2, 0.25) is 5.91 Å². The van der Waals surface area contributed by atoms with Crippen LogP contribution >= 0.6 is 0 Å². The van der Waals surface area contributed by atoms with Crippen molar-refractivity contribution in [3.05, 3.63) is 70.8 Å². The Morgan fingerprint density at radius 1 is 1.05 bits per heavy atom. The number of carbonyl (C=O) groups is 1. The molecule has 2 nitrogen and oxygen atoms in total. The normalized spacial score (nSPS) is 12.0. The van der Waals surface area contributed by atoms with Gasteiger partial charge in [0.15, 0.2) is 0 Å². The third-order valence-electron chi connectivity index (χ3n) is 3.83. The minimum atomic E-state index is 0.0358. The second-order valence-corrected chi connectivity index (χ2v) is 5.49. The molecule has 1 N–H and O–H groups in total. The highest BCUT2D eigenvalue weighted by Crippen LogP contribution is 2.16. The topological polar surface area (TPSA) is 29.1 Å². The molecule has 0 saturated heterocycles. The van der Waals surface area contributed by atoms with E-state index in [-0.39, 0.29) is 11.9 Å². The first-order chi connectivity index (χ1) is 10.1. The van der Waals surface area contributed by atoms with Crippen molar-refractivity contribution in [2.24, 2.45) is 0 Å². The van der Waals surface area contributed by atoms with Crippen molar-refractivity contribution in [2.45, 2.75) is 39.7 Å². The summed E-state index contributed by atoms with van der Waals surface area (Å²) in [6.07, 6.45) is 1.46. The van der Waals surface area contributed by atoms with E-state index in [1.165, 1.54) is 16.7 Å². The molecule has 0 heterocycles. The summed E-state index contributed by atoms with van der Waals surface area (Å²) >= 11 is 0. The van der Waals surface area contributed by atoms with Crippen LogP contribution in [0.1, 0.15) is 42.1 Å². The predicted octanol–water partition coefficient (Wildman–Crippen LogP) is 3.98. The molecule has 1 amide bonds. The van der Waals surface area contributed by atoms with Crippen molar-refractivity contribution in [1.29, 1.82) is 0 Å². The zero-order chi connectivity index (χ0) is 15.2. The van der Waals surface area contributed by atoms with E-state index in [1.807, 2.05) is 31.2 Å². The number of hydrogen-bond acceptors (Lipinski definition) is 1. The van der Waals surface area contributed by atoms with Crippen LogP contribution < -0.4 is 5.32 Å². The SMILES string of the molecule is CCc1ccc(CC(=O)N[C@@H](C)c2ccccc2C)cc1. The zero-order valence-electron chi connectivity index (χ0n) is 13.0. The van der Waals surface area contributed by atoms with Crippen LogP contribution in [0, 0.1) is 6.92 Å². The molecule has 21 heavy (non-hydrogen) atoms. The Balaban J connectivity index is 1.96. The van der Waals surface area contributed by atoms with Crippen LogP contribution in [0.4, 0.5) is 0 Å². The molecule has 0 aliphatic heterocycles. The fourth-order valence-electron chi connectivity index (χ4n) is 2.52. The number of aryl methyl sites for hydroxylation is 2. The molecule has 0 aromatic heterocycles. The number of hydrogen-bond donors (Lipinski definition) is 1. The summed E-state index contributed by atoms with van der Waals surface area (Å²) in [6, 6.07) is 16.5. The second kappa shape index (κ2) is 7.07. The lowest BCUT2D eigenvalue weighted by molar-refractivity contribution is -0.121. The summed E-state index contributed by atoms with van der Waals surface area (Å²) in [5.74, 6) is 0.0648. The highest BCUT2D eigenvalue weighted by molar-refractivity contribution is 5.79. The summed E-state index contributed by atoms with van der Waals surface area (Å²) in [4.78, 5) is 12.2. The highest BCUT2D eigenvalue weighted by atomic mass is 16.1. The first kappa shape index (κ1) is 15.3. The van der Waals surface area contributed by atoms with Gasteiger partial charge in [0.05, 0.1) is 12.5 Å². The molecule has 0 aliphatic rings. The summed E-state index contributed by atoms with van der Waals surface area (Å²) in [5, 5.41) is 3.08. The van der Waals surface area contributed by atoms with E-state index in [0.717, 1.165) is 12.0 Å². The van der Waals surface area contributed by atoms with Crippen molar-refractivity contribution < 1.29 is 4.79 Å². The van der Waals surface area contributed by atoms with E-state index in [4.69, 9.17) is 0 Å². The van der Waals surface area contributed by atoms with Crippen LogP contribution in [0.25, 0.3) is 0 Å². The van der Waals surface area contributed by atoms with Crippen LogP contribution in [0.3, 0.4) is 0 Å². The molecule has 0 aliphatic carbocycles. The van der Waals surface area contributed by atoms with Gasteiger partial charge in [0.25, 0.3) is 0 Å². The van der Waals surface area contributed by atoms with Gasteiger partial charge >= 0.3 is 0 Å². The van der Waals surface area contributed by atoms with Crippen LogP contribution in [0.5, 0.6) is 0 Å². The molecule has 2 rings (SSSR count). The summed E-state index contributed by atoms with van der Waals surface area (Å²) in [7, 11) is 0. The smallest absolute Gasteiger partial charge is 0.224 e. The molecule has 110 valence electrons. The van der Waals surface area contributed by atoms with E-state index in [0.29, 0.717) is 6.42 Å². The van der Waals surface area contributed by atoms with Crippen LogP contribution in [0.15, 0.2) is 48.5 Å². The Labute approximate surface area is 127 Å². The molecule has 2 aromatic carbocycles. The minimum Gasteiger partial charge on any atom is -0.349 e. The summed E-state index contributed by atoms with van der Waals surface area (Å²) in [5.41, 5.74) is 4.74. The van der Waals surface area contributed by atoms with Gasteiger partial charge in [-0.05, 0) is 42.5 Å². The van der Waals surface area contributed by atoms with Crippen molar-refractivity contribution in [3.8, 4) is 0 Å². The minimum absolute atomic E-state index is 0.0358. The molecule has 2 aromatic rings. The number of nitrogens with one attached hydrogen (secondary N) is 1. The molecule has 0 spiro atoms. The zero-order valence-corrected chi connectivity index (χ0v) is 13.0. The third kappa shape index (κ3) is 4.19. The average molecular weight is 281 g/mol. The van der Waals surface area contributed by atoms with Gasteiger partial charge in [-0.25, -0.2) is 0 Å². The van der Waals surface area contributed by atoms with Gasteiger partial charge in [-0.2, -0.15) is 0 Å². The maximum absolute atomic E-state index is 12.2. The van der Waals surface area contributed by atoms with Gasteiger partial charge in [-0.1, -0.05) is 55.5 Å². The number of carbonyl (C=O) groups excluding carboxylic acids is 1. The van der Waals surface area contributed by atoms with Crippen molar-refractivity contribution in [1.82, 2.24) is 5.32 Å². The molecule has 1 atom stereocenters. The molecule has 0 fully saturated rings. The number of benzene rings is 2. The van der Waals surface area contributed by atoms with E-state index in [2.05, 4.69) is 43.4 Å². The van der Waals surface area contributed by atoms with Gasteiger partial charge in [-0.15, -0.1) is 0 Å². The summed E-state index contributed by atoms with van der Waals surface area (Å²) in [6.45, 7) is 6.23. The van der Waals surface area contributed by atoms with Crippen LogP contribution in [-0.4, -0.2) is 5.91 Å². The maximum Gasteiger partial charge on any atom is 0.224 e. The Hall–Kier alpha value is -2.09. The van der Waals surface area contributed by atoms with E-state index < -0.39 is 0 Å². The lowest BCUT2D eigenvalue weighted by atomic mass is 10.0. The Bertz CT molecular complexity index is 601. The molecule has 0 saturated carbocycles. The third-order valence-corrected chi connectivity index (χ3v) is 3.83. The predicted molar refractivity (Wildman–Crippen MR) is 87.3 cm³/mol. The van der Waals surface area contributed by atoms with Gasteiger partial charge in [0, 0.05) is 0 Å². The largest absolute Gasteiger partial charge is 0.349 e. The van der Waals surface area contributed by atoms with Gasteiger partial charge in [0.1, 0.15) is 0 Å².